The zero-order valence-electron chi connectivity index (χ0n) is 16.0. The Labute approximate surface area is 166 Å². The van der Waals surface area contributed by atoms with Gasteiger partial charge in [-0.25, -0.2) is 9.18 Å². The molecular formula is C23H19FN2O3. The van der Waals surface area contributed by atoms with Crippen LogP contribution < -0.4 is 5.56 Å². The lowest BCUT2D eigenvalue weighted by Gasteiger charge is -2.12. The average Bonchev–Trinajstić information content (AvgIpc) is 2.99. The lowest BCUT2D eigenvalue weighted by molar-refractivity contribution is 0.0687. The number of aryl methyl sites for hydroxylation is 1. The number of halogens is 1. The molecule has 4 rings (SSSR count). The van der Waals surface area contributed by atoms with Gasteiger partial charge in [-0.2, -0.15) is 0 Å². The molecule has 146 valence electrons. The Morgan fingerprint density at radius 1 is 1.14 bits per heavy atom. The van der Waals surface area contributed by atoms with Crippen molar-refractivity contribution in [2.75, 3.05) is 0 Å². The summed E-state index contributed by atoms with van der Waals surface area (Å²) in [7, 11) is 0. The van der Waals surface area contributed by atoms with Gasteiger partial charge in [0.1, 0.15) is 11.5 Å². The fourth-order valence-electron chi connectivity index (χ4n) is 3.74. The number of rotatable bonds is 4. The molecule has 2 aromatic heterocycles. The number of aromatic carboxylic acids is 1. The van der Waals surface area contributed by atoms with Gasteiger partial charge >= 0.3 is 5.97 Å². The van der Waals surface area contributed by atoms with Crippen molar-refractivity contribution in [2.45, 2.75) is 20.4 Å². The van der Waals surface area contributed by atoms with E-state index >= 15 is 0 Å². The number of fused-ring (bicyclic) bond motifs is 1. The normalized spacial score (nSPS) is 11.1. The molecule has 2 aromatic carbocycles. The number of nitrogens with one attached hydrogen (secondary N) is 1. The first-order chi connectivity index (χ1) is 13.9. The topological polar surface area (TPSA) is 75.1 Å². The molecule has 5 nitrogen and oxygen atoms in total. The molecule has 0 saturated carbocycles. The maximum Gasteiger partial charge on any atom is 0.353 e. The number of H-pyrrole nitrogens is 1. The van der Waals surface area contributed by atoms with Crippen LogP contribution >= 0.6 is 0 Å². The largest absolute Gasteiger partial charge is 0.477 e. The van der Waals surface area contributed by atoms with Crippen molar-refractivity contribution in [1.82, 2.24) is 9.55 Å². The lowest BCUT2D eigenvalue weighted by Crippen LogP contribution is -2.14. The Kier molecular flexibility index (Phi) is 4.54. The van der Waals surface area contributed by atoms with Gasteiger partial charge in [0.2, 0.25) is 0 Å². The third-order valence-corrected chi connectivity index (χ3v) is 5.22. The molecule has 0 unspecified atom stereocenters. The molecule has 0 saturated heterocycles. The molecule has 0 fully saturated rings. The first-order valence-electron chi connectivity index (χ1n) is 9.16. The second kappa shape index (κ2) is 7.05. The Morgan fingerprint density at radius 2 is 1.93 bits per heavy atom. The summed E-state index contributed by atoms with van der Waals surface area (Å²) in [6.45, 7) is 3.76. The van der Waals surface area contributed by atoms with E-state index in [1.165, 1.54) is 12.3 Å². The SMILES string of the molecule is Cc1ccc2c(c1)c(-c1ccc[nH]c1=O)c(C(=O)O)n2Cc1cccc(F)c1C. The van der Waals surface area contributed by atoms with E-state index in [-0.39, 0.29) is 29.2 Å². The van der Waals surface area contributed by atoms with Gasteiger partial charge in [-0.15, -0.1) is 0 Å². The fraction of sp³-hybridized carbons (Fsp3) is 0.130. The second-order valence-electron chi connectivity index (χ2n) is 7.07. The predicted octanol–water partition coefficient (Wildman–Crippen LogP) is 4.50. The number of aromatic nitrogens is 2. The van der Waals surface area contributed by atoms with Gasteiger partial charge < -0.3 is 14.7 Å². The van der Waals surface area contributed by atoms with Crippen molar-refractivity contribution >= 4 is 16.9 Å². The van der Waals surface area contributed by atoms with E-state index in [1.54, 1.807) is 35.8 Å². The van der Waals surface area contributed by atoms with Crippen molar-refractivity contribution in [3.05, 3.63) is 93.3 Å². The second-order valence-corrected chi connectivity index (χ2v) is 7.07. The highest BCUT2D eigenvalue weighted by atomic mass is 19.1. The van der Waals surface area contributed by atoms with Crippen molar-refractivity contribution in [2.24, 2.45) is 0 Å². The van der Waals surface area contributed by atoms with Gasteiger partial charge in [0.25, 0.3) is 5.56 Å². The molecule has 0 spiro atoms. The van der Waals surface area contributed by atoms with Gasteiger partial charge in [-0.05, 0) is 55.3 Å². The van der Waals surface area contributed by atoms with E-state index in [0.717, 1.165) is 5.56 Å². The van der Waals surface area contributed by atoms with E-state index < -0.39 is 5.97 Å². The number of carboxylic acids is 1. The molecular weight excluding hydrogens is 371 g/mol. The molecule has 2 N–H and O–H groups in total. The van der Waals surface area contributed by atoms with Crippen molar-refractivity contribution in [1.29, 1.82) is 0 Å². The summed E-state index contributed by atoms with van der Waals surface area (Å²) in [4.78, 5) is 27.4. The summed E-state index contributed by atoms with van der Waals surface area (Å²) in [6, 6.07) is 13.6. The van der Waals surface area contributed by atoms with E-state index in [1.807, 2.05) is 25.1 Å². The fourth-order valence-corrected chi connectivity index (χ4v) is 3.74. The Bertz CT molecular complexity index is 1320. The van der Waals surface area contributed by atoms with Crippen molar-refractivity contribution in [3.8, 4) is 11.1 Å². The molecule has 0 aliphatic heterocycles. The number of pyridine rings is 1. The van der Waals surface area contributed by atoms with E-state index in [2.05, 4.69) is 4.98 Å². The molecule has 0 aliphatic rings. The summed E-state index contributed by atoms with van der Waals surface area (Å²) in [5.74, 6) is -1.49. The summed E-state index contributed by atoms with van der Waals surface area (Å²) in [5.41, 5.74) is 3.07. The Hall–Kier alpha value is -3.67. The molecule has 0 aliphatic carbocycles. The highest BCUT2D eigenvalue weighted by Gasteiger charge is 2.25. The van der Waals surface area contributed by atoms with Gasteiger partial charge in [-0.3, -0.25) is 4.79 Å². The quantitative estimate of drug-likeness (QED) is 0.539. The number of aromatic amines is 1. The monoisotopic (exact) mass is 390 g/mol. The third kappa shape index (κ3) is 3.12. The van der Waals surface area contributed by atoms with Crippen LogP contribution in [0.4, 0.5) is 4.39 Å². The highest BCUT2D eigenvalue weighted by molar-refractivity contribution is 6.08. The number of benzene rings is 2. The van der Waals surface area contributed by atoms with Crippen LogP contribution in [0.25, 0.3) is 22.0 Å². The third-order valence-electron chi connectivity index (χ3n) is 5.22. The minimum atomic E-state index is -1.15. The van der Waals surface area contributed by atoms with Crippen LogP contribution in [0.1, 0.15) is 27.2 Å². The van der Waals surface area contributed by atoms with Crippen LogP contribution in [0.5, 0.6) is 0 Å². The first kappa shape index (κ1) is 18.7. The number of carbonyl (C=O) groups is 1. The average molecular weight is 390 g/mol. The number of hydrogen-bond donors (Lipinski definition) is 2. The zero-order chi connectivity index (χ0) is 20.7. The van der Waals surface area contributed by atoms with E-state index in [0.29, 0.717) is 27.6 Å². The van der Waals surface area contributed by atoms with Crippen LogP contribution in [0.2, 0.25) is 0 Å². The maximum atomic E-state index is 14.1. The molecule has 29 heavy (non-hydrogen) atoms. The maximum absolute atomic E-state index is 14.1. The van der Waals surface area contributed by atoms with Gasteiger partial charge in [-0.1, -0.05) is 23.8 Å². The smallest absolute Gasteiger partial charge is 0.353 e. The van der Waals surface area contributed by atoms with E-state index in [9.17, 15) is 19.1 Å². The van der Waals surface area contributed by atoms with Crippen LogP contribution in [0, 0.1) is 19.7 Å². The van der Waals surface area contributed by atoms with Gasteiger partial charge in [0, 0.05) is 34.8 Å². The van der Waals surface area contributed by atoms with E-state index in [4.69, 9.17) is 0 Å². The first-order valence-corrected chi connectivity index (χ1v) is 9.16. The Balaban J connectivity index is 2.09. The summed E-state index contributed by atoms with van der Waals surface area (Å²) >= 11 is 0. The highest BCUT2D eigenvalue weighted by Crippen LogP contribution is 2.35. The Morgan fingerprint density at radius 3 is 2.66 bits per heavy atom. The minimum Gasteiger partial charge on any atom is -0.477 e. The molecule has 6 heteroatoms. The van der Waals surface area contributed by atoms with Crippen LogP contribution in [0.15, 0.2) is 59.5 Å². The molecule has 2 heterocycles. The van der Waals surface area contributed by atoms with Gasteiger partial charge in [0.15, 0.2) is 0 Å². The lowest BCUT2D eigenvalue weighted by atomic mass is 10.0. The molecule has 4 aromatic rings. The molecule has 0 amide bonds. The van der Waals surface area contributed by atoms with Gasteiger partial charge in [0.05, 0.1) is 0 Å². The molecule has 0 bridgehead atoms. The molecule has 0 radical (unpaired) electrons. The minimum absolute atomic E-state index is 0.00552. The number of nitrogens with zero attached hydrogens (tertiary/aromatic N) is 1. The summed E-state index contributed by atoms with van der Waals surface area (Å²) < 4.78 is 15.7. The number of carboxylic acid groups (broad SMARTS) is 1. The van der Waals surface area contributed by atoms with Crippen molar-refractivity contribution < 1.29 is 14.3 Å². The predicted molar refractivity (Wildman–Crippen MR) is 110 cm³/mol. The van der Waals surface area contributed by atoms with Crippen LogP contribution in [-0.4, -0.2) is 20.6 Å². The molecule has 0 atom stereocenters. The van der Waals surface area contributed by atoms with Crippen LogP contribution in [-0.2, 0) is 6.54 Å². The summed E-state index contributed by atoms with van der Waals surface area (Å²) in [5, 5.41) is 10.7. The standard InChI is InChI=1S/C23H19FN2O3/c1-13-8-9-19-17(11-13)20(16-6-4-10-25-22(16)27)21(23(28)29)26(19)12-15-5-3-7-18(24)14(15)2/h3-11H,12H2,1-2H3,(H,25,27)(H,28,29). The number of hydrogen-bond acceptors (Lipinski definition) is 2. The van der Waals surface area contributed by atoms with Crippen LogP contribution in [0.3, 0.4) is 0 Å². The zero-order valence-corrected chi connectivity index (χ0v) is 16.0. The summed E-state index contributed by atoms with van der Waals surface area (Å²) in [6.07, 6.45) is 1.51. The van der Waals surface area contributed by atoms with Crippen molar-refractivity contribution in [3.63, 3.8) is 0 Å².